The minimum Gasteiger partial charge on any atom is -0.487 e. The van der Waals surface area contributed by atoms with Crippen LogP contribution in [0, 0.1) is 0 Å². The van der Waals surface area contributed by atoms with Gasteiger partial charge in [-0.15, -0.1) is 0 Å². The molecule has 5 heteroatoms. The Bertz CT molecular complexity index is 702. The van der Waals surface area contributed by atoms with Crippen LogP contribution in [0.3, 0.4) is 0 Å². The van der Waals surface area contributed by atoms with Gasteiger partial charge in [-0.1, -0.05) is 18.2 Å². The molecule has 2 amide bonds. The molecule has 1 N–H and O–H groups in total. The molecule has 3 unspecified atom stereocenters. The molecule has 26 heavy (non-hydrogen) atoms. The third kappa shape index (κ3) is 2.68. The molecule has 2 bridgehead atoms. The van der Waals surface area contributed by atoms with Crippen LogP contribution in [0.4, 0.5) is 4.79 Å². The maximum absolute atomic E-state index is 13.1. The molecular formula is C21H29N3O2. The number of ether oxygens (including phenoxy) is 1. The number of para-hydroxylation sites is 1. The predicted molar refractivity (Wildman–Crippen MR) is 100 cm³/mol. The summed E-state index contributed by atoms with van der Waals surface area (Å²) in [5.41, 5.74) is 1.08. The highest BCUT2D eigenvalue weighted by Gasteiger charge is 2.46. The van der Waals surface area contributed by atoms with Crippen molar-refractivity contribution in [2.45, 2.75) is 68.7 Å². The fraction of sp³-hybridized carbons (Fsp3) is 0.667. The third-order valence-electron chi connectivity index (χ3n) is 7.20. The van der Waals surface area contributed by atoms with E-state index in [1.807, 2.05) is 23.1 Å². The highest BCUT2D eigenvalue weighted by molar-refractivity contribution is 5.75. The van der Waals surface area contributed by atoms with E-state index in [0.717, 1.165) is 50.1 Å². The molecule has 5 nitrogen and oxygen atoms in total. The van der Waals surface area contributed by atoms with Crippen LogP contribution in [0.25, 0.3) is 0 Å². The van der Waals surface area contributed by atoms with E-state index in [2.05, 4.69) is 23.3 Å². The van der Waals surface area contributed by atoms with Crippen molar-refractivity contribution in [2.75, 3.05) is 20.1 Å². The summed E-state index contributed by atoms with van der Waals surface area (Å²) < 4.78 is 6.32. The first-order valence-electron chi connectivity index (χ1n) is 10.2. The maximum atomic E-state index is 13.1. The van der Waals surface area contributed by atoms with Crippen LogP contribution in [0.1, 0.15) is 56.6 Å². The number of amides is 2. The normalized spacial score (nSPS) is 32.3. The number of likely N-dealkylation sites (tertiary alicyclic amines) is 1. The van der Waals surface area contributed by atoms with Gasteiger partial charge in [-0.05, 0) is 51.6 Å². The van der Waals surface area contributed by atoms with E-state index in [0.29, 0.717) is 12.1 Å². The summed E-state index contributed by atoms with van der Waals surface area (Å²) >= 11 is 0. The van der Waals surface area contributed by atoms with Crippen LogP contribution in [0.2, 0.25) is 0 Å². The van der Waals surface area contributed by atoms with Crippen molar-refractivity contribution in [3.05, 3.63) is 29.8 Å². The number of carbonyl (C=O) groups is 1. The molecule has 140 valence electrons. The van der Waals surface area contributed by atoms with Crippen molar-refractivity contribution >= 4 is 6.03 Å². The number of benzene rings is 1. The van der Waals surface area contributed by atoms with Crippen molar-refractivity contribution in [1.82, 2.24) is 15.1 Å². The Morgan fingerprint density at radius 1 is 1.19 bits per heavy atom. The smallest absolute Gasteiger partial charge is 0.317 e. The Kier molecular flexibility index (Phi) is 3.89. The van der Waals surface area contributed by atoms with Gasteiger partial charge in [0.15, 0.2) is 0 Å². The highest BCUT2D eigenvalue weighted by Crippen LogP contribution is 2.48. The predicted octanol–water partition coefficient (Wildman–Crippen LogP) is 3.31. The van der Waals surface area contributed by atoms with Gasteiger partial charge in [0.1, 0.15) is 11.4 Å². The van der Waals surface area contributed by atoms with Gasteiger partial charge >= 0.3 is 6.03 Å². The van der Waals surface area contributed by atoms with Crippen molar-refractivity contribution < 1.29 is 9.53 Å². The Morgan fingerprint density at radius 3 is 2.81 bits per heavy atom. The lowest BCUT2D eigenvalue weighted by atomic mass is 9.73. The molecule has 2 saturated heterocycles. The molecule has 1 aromatic carbocycles. The largest absolute Gasteiger partial charge is 0.487 e. The minimum absolute atomic E-state index is 0.0512. The quantitative estimate of drug-likeness (QED) is 0.841. The Morgan fingerprint density at radius 2 is 2.00 bits per heavy atom. The second-order valence-electron chi connectivity index (χ2n) is 8.67. The SMILES string of the molecule is CN1C2CCC1CN(C(=O)NC1CC3(CCC3)Oc3ccccc31)CC2. The summed E-state index contributed by atoms with van der Waals surface area (Å²) in [7, 11) is 2.22. The molecule has 3 aliphatic heterocycles. The van der Waals surface area contributed by atoms with Crippen molar-refractivity contribution in [1.29, 1.82) is 0 Å². The molecular weight excluding hydrogens is 326 g/mol. The number of likely N-dealkylation sites (N-methyl/N-ethyl adjacent to an activating group) is 1. The van der Waals surface area contributed by atoms with Crippen LogP contribution in [0.15, 0.2) is 24.3 Å². The first-order chi connectivity index (χ1) is 12.6. The van der Waals surface area contributed by atoms with Crippen LogP contribution in [0.5, 0.6) is 5.75 Å². The number of fused-ring (bicyclic) bond motifs is 3. The molecule has 3 heterocycles. The summed E-state index contributed by atoms with van der Waals surface area (Å²) in [6.07, 6.45) is 7.92. The van der Waals surface area contributed by atoms with Gasteiger partial charge in [0.2, 0.25) is 0 Å². The number of carbonyl (C=O) groups excluding carboxylic acids is 1. The van der Waals surface area contributed by atoms with Gasteiger partial charge in [-0.3, -0.25) is 4.90 Å². The lowest BCUT2D eigenvalue weighted by Crippen LogP contribution is -2.52. The van der Waals surface area contributed by atoms with Gasteiger partial charge in [0.25, 0.3) is 0 Å². The molecule has 1 aromatic rings. The Hall–Kier alpha value is -1.75. The van der Waals surface area contributed by atoms with Crippen molar-refractivity contribution in [2.24, 2.45) is 0 Å². The van der Waals surface area contributed by atoms with Crippen LogP contribution >= 0.6 is 0 Å². The van der Waals surface area contributed by atoms with Gasteiger partial charge in [0.05, 0.1) is 6.04 Å². The molecule has 1 spiro atoms. The number of nitrogens with one attached hydrogen (secondary N) is 1. The Balaban J connectivity index is 1.33. The number of hydrogen-bond donors (Lipinski definition) is 1. The fourth-order valence-corrected chi connectivity index (χ4v) is 5.36. The molecule has 3 atom stereocenters. The highest BCUT2D eigenvalue weighted by atomic mass is 16.5. The molecule has 0 aromatic heterocycles. The van der Waals surface area contributed by atoms with E-state index in [1.165, 1.54) is 19.3 Å². The van der Waals surface area contributed by atoms with Crippen molar-refractivity contribution in [3.8, 4) is 5.75 Å². The fourth-order valence-electron chi connectivity index (χ4n) is 5.36. The average molecular weight is 355 g/mol. The summed E-state index contributed by atoms with van der Waals surface area (Å²) in [5, 5.41) is 3.36. The molecule has 4 aliphatic rings. The van der Waals surface area contributed by atoms with Crippen LogP contribution in [-0.4, -0.2) is 53.7 Å². The zero-order valence-corrected chi connectivity index (χ0v) is 15.6. The summed E-state index contributed by atoms with van der Waals surface area (Å²) in [5.74, 6) is 0.957. The first kappa shape index (κ1) is 16.4. The lowest BCUT2D eigenvalue weighted by molar-refractivity contribution is -0.0359. The van der Waals surface area contributed by atoms with E-state index in [4.69, 9.17) is 4.74 Å². The van der Waals surface area contributed by atoms with E-state index in [1.54, 1.807) is 0 Å². The van der Waals surface area contributed by atoms with Crippen LogP contribution < -0.4 is 10.1 Å². The summed E-state index contributed by atoms with van der Waals surface area (Å²) in [6, 6.07) is 9.55. The third-order valence-corrected chi connectivity index (χ3v) is 7.20. The van der Waals surface area contributed by atoms with E-state index >= 15 is 0 Å². The second-order valence-corrected chi connectivity index (χ2v) is 8.67. The zero-order chi connectivity index (χ0) is 17.7. The topological polar surface area (TPSA) is 44.8 Å². The number of hydrogen-bond acceptors (Lipinski definition) is 3. The van der Waals surface area contributed by atoms with Crippen LogP contribution in [-0.2, 0) is 0 Å². The Labute approximate surface area is 155 Å². The number of urea groups is 1. The molecule has 1 aliphatic carbocycles. The zero-order valence-electron chi connectivity index (χ0n) is 15.6. The first-order valence-corrected chi connectivity index (χ1v) is 10.2. The van der Waals surface area contributed by atoms with Gasteiger partial charge in [0, 0.05) is 37.2 Å². The van der Waals surface area contributed by atoms with E-state index in [9.17, 15) is 4.79 Å². The molecule has 5 rings (SSSR count). The number of rotatable bonds is 1. The van der Waals surface area contributed by atoms with Crippen molar-refractivity contribution in [3.63, 3.8) is 0 Å². The second kappa shape index (κ2) is 6.15. The maximum Gasteiger partial charge on any atom is 0.317 e. The van der Waals surface area contributed by atoms with Gasteiger partial charge in [-0.25, -0.2) is 4.79 Å². The van der Waals surface area contributed by atoms with Gasteiger partial charge in [-0.2, -0.15) is 0 Å². The summed E-state index contributed by atoms with van der Waals surface area (Å²) in [4.78, 5) is 17.6. The standard InChI is InChI=1S/C21H29N3O2/c1-23-15-7-8-16(23)14-24(12-9-15)20(25)22-18-13-21(10-4-11-21)26-19-6-3-2-5-17(18)19/h2-3,5-6,15-16,18H,4,7-14H2,1H3,(H,22,25). The molecule has 1 saturated carbocycles. The molecule has 0 radical (unpaired) electrons. The monoisotopic (exact) mass is 355 g/mol. The number of nitrogens with zero attached hydrogens (tertiary/aromatic N) is 2. The average Bonchev–Trinajstić information content (AvgIpc) is 2.85. The van der Waals surface area contributed by atoms with Gasteiger partial charge < -0.3 is 15.0 Å². The minimum atomic E-state index is -0.0512. The lowest BCUT2D eigenvalue weighted by Gasteiger charge is -2.48. The van der Waals surface area contributed by atoms with E-state index < -0.39 is 0 Å². The summed E-state index contributed by atoms with van der Waals surface area (Å²) in [6.45, 7) is 1.72. The molecule has 3 fully saturated rings. The van der Waals surface area contributed by atoms with E-state index in [-0.39, 0.29) is 17.7 Å².